The van der Waals surface area contributed by atoms with Crippen LogP contribution in [0.2, 0.25) is 0 Å². The standard InChI is InChI=1S/C20H21F3N2O4S/c1-13-4-10-17(11-5-13)30(27,28)24-12-14(2)25(19(26)20(21,22)23)18(24)15-6-8-16(29-3)9-7-15/h4-11,14,18H,12H2,1-3H3/t14-,18-/m1/s1. The van der Waals surface area contributed by atoms with Gasteiger partial charge in [-0.1, -0.05) is 29.8 Å². The number of halogens is 3. The van der Waals surface area contributed by atoms with E-state index in [2.05, 4.69) is 0 Å². The molecular weight excluding hydrogens is 421 g/mol. The van der Waals surface area contributed by atoms with Crippen LogP contribution in [0.15, 0.2) is 53.4 Å². The predicted molar refractivity (Wildman–Crippen MR) is 103 cm³/mol. The molecule has 0 saturated carbocycles. The minimum absolute atomic E-state index is 0.0554. The lowest BCUT2D eigenvalue weighted by atomic mass is 10.1. The SMILES string of the molecule is COc1ccc([C@H]2N(C(=O)C(F)(F)F)[C@H](C)CN2S(=O)(=O)c2ccc(C)cc2)cc1. The van der Waals surface area contributed by atoms with Gasteiger partial charge in [0.05, 0.1) is 12.0 Å². The number of alkyl halides is 3. The first-order chi connectivity index (χ1) is 14.0. The van der Waals surface area contributed by atoms with Gasteiger partial charge in [0.15, 0.2) is 0 Å². The monoisotopic (exact) mass is 442 g/mol. The molecule has 6 nitrogen and oxygen atoms in total. The normalized spacial score (nSPS) is 20.4. The molecule has 3 rings (SSSR count). The molecule has 0 spiro atoms. The summed E-state index contributed by atoms with van der Waals surface area (Å²) in [4.78, 5) is 12.7. The quantitative estimate of drug-likeness (QED) is 0.727. The van der Waals surface area contributed by atoms with E-state index in [9.17, 15) is 26.4 Å². The number of rotatable bonds is 4. The summed E-state index contributed by atoms with van der Waals surface area (Å²) in [6, 6.07) is 10.9. The van der Waals surface area contributed by atoms with Crippen molar-refractivity contribution < 1.29 is 31.1 Å². The first-order valence-corrected chi connectivity index (χ1v) is 10.5. The van der Waals surface area contributed by atoms with E-state index in [1.165, 1.54) is 50.4 Å². The third kappa shape index (κ3) is 4.01. The average molecular weight is 442 g/mol. The lowest BCUT2D eigenvalue weighted by molar-refractivity contribution is -0.189. The van der Waals surface area contributed by atoms with E-state index < -0.39 is 34.3 Å². The largest absolute Gasteiger partial charge is 0.497 e. The molecule has 162 valence electrons. The van der Waals surface area contributed by atoms with Crippen LogP contribution in [0, 0.1) is 6.92 Å². The van der Waals surface area contributed by atoms with Gasteiger partial charge < -0.3 is 9.64 Å². The molecule has 1 saturated heterocycles. The molecule has 1 aliphatic heterocycles. The molecule has 0 bridgehead atoms. The maximum absolute atomic E-state index is 13.3. The van der Waals surface area contributed by atoms with Crippen molar-refractivity contribution in [2.75, 3.05) is 13.7 Å². The van der Waals surface area contributed by atoms with Crippen molar-refractivity contribution in [3.05, 3.63) is 59.7 Å². The van der Waals surface area contributed by atoms with Crippen LogP contribution >= 0.6 is 0 Å². The van der Waals surface area contributed by atoms with Crippen LogP contribution in [0.25, 0.3) is 0 Å². The molecule has 1 fully saturated rings. The fourth-order valence-corrected chi connectivity index (χ4v) is 5.11. The Kier molecular flexibility index (Phi) is 5.83. The number of benzene rings is 2. The van der Waals surface area contributed by atoms with Gasteiger partial charge in [-0.25, -0.2) is 8.42 Å². The topological polar surface area (TPSA) is 66.9 Å². The number of hydrogen-bond donors (Lipinski definition) is 0. The third-order valence-corrected chi connectivity index (χ3v) is 6.81. The Hall–Kier alpha value is -2.59. The number of amides is 1. The van der Waals surface area contributed by atoms with E-state index in [0.29, 0.717) is 10.6 Å². The Labute approximate surface area is 172 Å². The number of hydrogen-bond acceptors (Lipinski definition) is 4. The minimum atomic E-state index is -5.14. The summed E-state index contributed by atoms with van der Waals surface area (Å²) in [5, 5.41) is 0. The van der Waals surface area contributed by atoms with Gasteiger partial charge in [-0.15, -0.1) is 0 Å². The van der Waals surface area contributed by atoms with E-state index in [-0.39, 0.29) is 17.0 Å². The zero-order chi connectivity index (χ0) is 22.3. The maximum atomic E-state index is 13.3. The van der Waals surface area contributed by atoms with Gasteiger partial charge in [0.1, 0.15) is 11.9 Å². The summed E-state index contributed by atoms with van der Waals surface area (Å²) in [5.74, 6) is -1.64. The molecule has 1 amide bonds. The van der Waals surface area contributed by atoms with Crippen molar-refractivity contribution in [1.29, 1.82) is 0 Å². The zero-order valence-corrected chi connectivity index (χ0v) is 17.4. The highest BCUT2D eigenvalue weighted by Crippen LogP contribution is 2.40. The highest BCUT2D eigenvalue weighted by Gasteiger charge is 2.53. The molecule has 2 aromatic rings. The van der Waals surface area contributed by atoms with Gasteiger partial charge in [-0.3, -0.25) is 4.79 Å². The molecule has 0 unspecified atom stereocenters. The second-order valence-electron chi connectivity index (χ2n) is 7.09. The first-order valence-electron chi connectivity index (χ1n) is 9.08. The highest BCUT2D eigenvalue weighted by molar-refractivity contribution is 7.89. The van der Waals surface area contributed by atoms with E-state index >= 15 is 0 Å². The van der Waals surface area contributed by atoms with Crippen molar-refractivity contribution in [3.63, 3.8) is 0 Å². The van der Waals surface area contributed by atoms with Crippen molar-refractivity contribution in [2.45, 2.75) is 37.1 Å². The van der Waals surface area contributed by atoms with Crippen molar-refractivity contribution in [2.24, 2.45) is 0 Å². The molecule has 2 atom stereocenters. The van der Waals surface area contributed by atoms with Gasteiger partial charge >= 0.3 is 12.1 Å². The van der Waals surface area contributed by atoms with Gasteiger partial charge in [-0.05, 0) is 43.7 Å². The number of carbonyl (C=O) groups excluding carboxylic acids is 1. The van der Waals surface area contributed by atoms with Crippen molar-refractivity contribution in [3.8, 4) is 5.75 Å². The number of methoxy groups -OCH3 is 1. The van der Waals surface area contributed by atoms with E-state index in [0.717, 1.165) is 9.87 Å². The third-order valence-electron chi connectivity index (χ3n) is 4.97. The Morgan fingerprint density at radius 2 is 1.63 bits per heavy atom. The fraction of sp³-hybridized carbons (Fsp3) is 0.350. The van der Waals surface area contributed by atoms with Gasteiger partial charge in [0.2, 0.25) is 10.0 Å². The summed E-state index contributed by atoms with van der Waals surface area (Å²) >= 11 is 0. The van der Waals surface area contributed by atoms with Crippen LogP contribution in [0.3, 0.4) is 0 Å². The molecule has 0 aliphatic carbocycles. The second-order valence-corrected chi connectivity index (χ2v) is 8.98. The van der Waals surface area contributed by atoms with Crippen LogP contribution in [0.1, 0.15) is 24.2 Å². The number of aryl methyl sites for hydroxylation is 1. The molecule has 0 aromatic heterocycles. The van der Waals surface area contributed by atoms with Crippen molar-refractivity contribution >= 4 is 15.9 Å². The van der Waals surface area contributed by atoms with Crippen LogP contribution < -0.4 is 4.74 Å². The Morgan fingerprint density at radius 1 is 1.07 bits per heavy atom. The molecular formula is C20H21F3N2O4S. The number of nitrogens with zero attached hydrogens (tertiary/aromatic N) is 2. The van der Waals surface area contributed by atoms with Crippen LogP contribution in [-0.2, 0) is 14.8 Å². The maximum Gasteiger partial charge on any atom is 0.471 e. The van der Waals surface area contributed by atoms with Crippen molar-refractivity contribution in [1.82, 2.24) is 9.21 Å². The van der Waals surface area contributed by atoms with E-state index in [1.807, 2.05) is 0 Å². The van der Waals surface area contributed by atoms with Gasteiger partial charge in [-0.2, -0.15) is 17.5 Å². The summed E-state index contributed by atoms with van der Waals surface area (Å²) in [7, 11) is -2.74. The average Bonchev–Trinajstić information content (AvgIpc) is 3.04. The fourth-order valence-electron chi connectivity index (χ4n) is 3.46. The highest BCUT2D eigenvalue weighted by atomic mass is 32.2. The predicted octanol–water partition coefficient (Wildman–Crippen LogP) is 3.49. The number of carbonyl (C=O) groups is 1. The zero-order valence-electron chi connectivity index (χ0n) is 16.6. The summed E-state index contributed by atoms with van der Waals surface area (Å²) in [6.07, 6.45) is -6.57. The second kappa shape index (κ2) is 7.92. The molecule has 30 heavy (non-hydrogen) atoms. The van der Waals surface area contributed by atoms with Crippen LogP contribution in [0.5, 0.6) is 5.75 Å². The van der Waals surface area contributed by atoms with Crippen LogP contribution in [-0.4, -0.2) is 49.4 Å². The smallest absolute Gasteiger partial charge is 0.471 e. The van der Waals surface area contributed by atoms with E-state index in [4.69, 9.17) is 4.74 Å². The summed E-state index contributed by atoms with van der Waals surface area (Å²) < 4.78 is 72.5. The van der Waals surface area contributed by atoms with Gasteiger partial charge in [0.25, 0.3) is 0 Å². The summed E-state index contributed by atoms with van der Waals surface area (Å²) in [5.41, 5.74) is 1.07. The minimum Gasteiger partial charge on any atom is -0.497 e. The molecule has 2 aromatic carbocycles. The number of ether oxygens (including phenoxy) is 1. The lowest BCUT2D eigenvalue weighted by Crippen LogP contribution is -2.45. The summed E-state index contributed by atoms with van der Waals surface area (Å²) in [6.45, 7) is 2.91. The molecule has 1 aliphatic rings. The molecule has 0 N–H and O–H groups in total. The Balaban J connectivity index is 2.12. The van der Waals surface area contributed by atoms with Crippen LogP contribution in [0.4, 0.5) is 13.2 Å². The Bertz CT molecular complexity index is 1020. The molecule has 1 heterocycles. The molecule has 10 heteroatoms. The Morgan fingerprint density at radius 3 is 2.13 bits per heavy atom. The lowest BCUT2D eigenvalue weighted by Gasteiger charge is -2.32. The number of sulfonamides is 1. The molecule has 0 radical (unpaired) electrons. The first kappa shape index (κ1) is 22.1. The van der Waals surface area contributed by atoms with E-state index in [1.54, 1.807) is 19.1 Å². The van der Waals surface area contributed by atoms with Gasteiger partial charge in [0, 0.05) is 12.6 Å².